The highest BCUT2D eigenvalue weighted by Gasteiger charge is 2.30. The van der Waals surface area contributed by atoms with Crippen LogP contribution in [0.2, 0.25) is 5.02 Å². The molecule has 140 valence electrons. The summed E-state index contributed by atoms with van der Waals surface area (Å²) >= 11 is 5.76. The maximum Gasteiger partial charge on any atom is 0.289 e. The van der Waals surface area contributed by atoms with E-state index in [1.165, 1.54) is 18.2 Å². The molecule has 2 aliphatic rings. The van der Waals surface area contributed by atoms with Crippen molar-refractivity contribution in [1.29, 1.82) is 0 Å². The number of nitrogens with zero attached hydrogens (tertiary/aromatic N) is 2. The molecule has 0 aromatic heterocycles. The van der Waals surface area contributed by atoms with Crippen molar-refractivity contribution in [3.05, 3.63) is 33.3 Å². The van der Waals surface area contributed by atoms with Gasteiger partial charge in [0.05, 0.1) is 11.5 Å². The quantitative estimate of drug-likeness (QED) is 0.581. The average Bonchev–Trinajstić information content (AvgIpc) is 3.41. The van der Waals surface area contributed by atoms with Crippen molar-refractivity contribution in [3.63, 3.8) is 0 Å². The van der Waals surface area contributed by atoms with Crippen LogP contribution in [-0.4, -0.2) is 47.3 Å². The minimum Gasteiger partial charge on any atom is -0.353 e. The number of halogens is 1. The first-order valence-electron chi connectivity index (χ1n) is 8.69. The van der Waals surface area contributed by atoms with Gasteiger partial charge in [-0.25, -0.2) is 0 Å². The van der Waals surface area contributed by atoms with Gasteiger partial charge in [-0.15, -0.1) is 0 Å². The predicted octanol–water partition coefficient (Wildman–Crippen LogP) is 2.18. The minimum absolute atomic E-state index is 0.0221. The topological polar surface area (TPSA) is 105 Å². The Morgan fingerprint density at radius 2 is 1.92 bits per heavy atom. The SMILES string of the molecule is O=C(CN1CCC(C(=O)NC2CC2)CC1)Nc1ccc(Cl)c([N+](=O)[O-])c1. The van der Waals surface area contributed by atoms with E-state index in [0.717, 1.165) is 25.7 Å². The van der Waals surface area contributed by atoms with Crippen molar-refractivity contribution in [2.75, 3.05) is 25.0 Å². The molecule has 2 N–H and O–H groups in total. The molecule has 1 saturated carbocycles. The summed E-state index contributed by atoms with van der Waals surface area (Å²) in [5, 5.41) is 16.6. The van der Waals surface area contributed by atoms with Crippen LogP contribution >= 0.6 is 11.6 Å². The average molecular weight is 381 g/mol. The number of carbonyl (C=O) groups excluding carboxylic acids is 2. The molecular formula is C17H21ClN4O4. The fourth-order valence-electron chi connectivity index (χ4n) is 3.03. The monoisotopic (exact) mass is 380 g/mol. The second-order valence-electron chi connectivity index (χ2n) is 6.80. The zero-order valence-corrected chi connectivity index (χ0v) is 15.0. The van der Waals surface area contributed by atoms with Crippen LogP contribution in [0, 0.1) is 16.0 Å². The number of nitro benzene ring substituents is 1. The number of anilines is 1. The highest BCUT2D eigenvalue weighted by molar-refractivity contribution is 6.32. The number of amides is 2. The second kappa shape index (κ2) is 8.01. The molecule has 3 rings (SSSR count). The molecule has 1 aliphatic carbocycles. The van der Waals surface area contributed by atoms with Gasteiger partial charge in [0.25, 0.3) is 5.69 Å². The van der Waals surface area contributed by atoms with E-state index in [2.05, 4.69) is 10.6 Å². The molecule has 0 bridgehead atoms. The van der Waals surface area contributed by atoms with E-state index in [0.29, 0.717) is 24.8 Å². The Kier molecular flexibility index (Phi) is 5.73. The van der Waals surface area contributed by atoms with E-state index in [4.69, 9.17) is 11.6 Å². The van der Waals surface area contributed by atoms with E-state index >= 15 is 0 Å². The molecule has 9 heteroatoms. The summed E-state index contributed by atoms with van der Waals surface area (Å²) in [4.78, 5) is 36.5. The lowest BCUT2D eigenvalue weighted by atomic mass is 9.96. The third kappa shape index (κ3) is 4.92. The Morgan fingerprint density at radius 1 is 1.23 bits per heavy atom. The van der Waals surface area contributed by atoms with Gasteiger partial charge in [0.2, 0.25) is 11.8 Å². The molecule has 0 unspecified atom stereocenters. The lowest BCUT2D eigenvalue weighted by Gasteiger charge is -2.30. The first-order valence-corrected chi connectivity index (χ1v) is 9.06. The summed E-state index contributed by atoms with van der Waals surface area (Å²) in [6.07, 6.45) is 3.62. The lowest BCUT2D eigenvalue weighted by Crippen LogP contribution is -2.43. The first kappa shape index (κ1) is 18.6. The zero-order valence-electron chi connectivity index (χ0n) is 14.2. The number of carbonyl (C=O) groups is 2. The smallest absolute Gasteiger partial charge is 0.289 e. The van der Waals surface area contributed by atoms with Gasteiger partial charge in [-0.2, -0.15) is 0 Å². The van der Waals surface area contributed by atoms with Crippen LogP contribution in [0.4, 0.5) is 11.4 Å². The van der Waals surface area contributed by atoms with Gasteiger partial charge in [-0.05, 0) is 50.9 Å². The number of hydrogen-bond donors (Lipinski definition) is 2. The molecule has 0 atom stereocenters. The van der Waals surface area contributed by atoms with Gasteiger partial charge in [0, 0.05) is 23.7 Å². The lowest BCUT2D eigenvalue weighted by molar-refractivity contribution is -0.384. The number of nitro groups is 1. The summed E-state index contributed by atoms with van der Waals surface area (Å²) in [5.74, 6) is -0.0959. The van der Waals surface area contributed by atoms with Crippen molar-refractivity contribution < 1.29 is 14.5 Å². The van der Waals surface area contributed by atoms with Crippen molar-refractivity contribution in [1.82, 2.24) is 10.2 Å². The highest BCUT2D eigenvalue weighted by atomic mass is 35.5. The number of nitrogens with one attached hydrogen (secondary N) is 2. The van der Waals surface area contributed by atoms with Crippen LogP contribution in [0.1, 0.15) is 25.7 Å². The molecule has 8 nitrogen and oxygen atoms in total. The zero-order chi connectivity index (χ0) is 18.7. The van der Waals surface area contributed by atoms with Gasteiger partial charge in [-0.1, -0.05) is 11.6 Å². The molecular weight excluding hydrogens is 360 g/mol. The summed E-state index contributed by atoms with van der Waals surface area (Å²) < 4.78 is 0. The standard InChI is InChI=1S/C17H21ClN4O4/c18-14-4-3-13(9-15(14)22(25)26)19-16(23)10-21-7-5-11(6-8-21)17(24)20-12-1-2-12/h3-4,9,11-12H,1-2,5-8,10H2,(H,19,23)(H,20,24). The van der Waals surface area contributed by atoms with Crippen LogP contribution in [0.25, 0.3) is 0 Å². The molecule has 1 aliphatic heterocycles. The number of hydrogen-bond acceptors (Lipinski definition) is 5. The molecule has 1 saturated heterocycles. The molecule has 0 spiro atoms. The van der Waals surface area contributed by atoms with Crippen molar-refractivity contribution in [2.45, 2.75) is 31.7 Å². The fraction of sp³-hybridized carbons (Fsp3) is 0.529. The summed E-state index contributed by atoms with van der Waals surface area (Å²) in [7, 11) is 0. The van der Waals surface area contributed by atoms with Crippen LogP contribution < -0.4 is 10.6 Å². The Bertz CT molecular complexity index is 715. The van der Waals surface area contributed by atoms with Crippen molar-refractivity contribution in [2.24, 2.45) is 5.92 Å². The van der Waals surface area contributed by atoms with E-state index in [1.54, 1.807) is 0 Å². The summed E-state index contributed by atoms with van der Waals surface area (Å²) in [6.45, 7) is 1.54. The van der Waals surface area contributed by atoms with E-state index in [-0.39, 0.29) is 35.0 Å². The molecule has 26 heavy (non-hydrogen) atoms. The van der Waals surface area contributed by atoms with Crippen LogP contribution in [0.15, 0.2) is 18.2 Å². The highest BCUT2D eigenvalue weighted by Crippen LogP contribution is 2.27. The van der Waals surface area contributed by atoms with Gasteiger partial charge < -0.3 is 10.6 Å². The third-order valence-corrected chi connectivity index (χ3v) is 5.00. The van der Waals surface area contributed by atoms with E-state index in [1.807, 2.05) is 4.90 Å². The first-order chi connectivity index (χ1) is 12.4. The molecule has 1 heterocycles. The molecule has 2 amide bonds. The van der Waals surface area contributed by atoms with E-state index in [9.17, 15) is 19.7 Å². The number of piperidine rings is 1. The van der Waals surface area contributed by atoms with Crippen molar-refractivity contribution >= 4 is 34.8 Å². The third-order valence-electron chi connectivity index (χ3n) is 4.68. The van der Waals surface area contributed by atoms with Crippen LogP contribution in [0.3, 0.4) is 0 Å². The van der Waals surface area contributed by atoms with Gasteiger partial charge in [0.1, 0.15) is 5.02 Å². The summed E-state index contributed by atoms with van der Waals surface area (Å²) in [5.41, 5.74) is 0.0942. The molecule has 1 aromatic rings. The minimum atomic E-state index is -0.588. The largest absolute Gasteiger partial charge is 0.353 e. The van der Waals surface area contributed by atoms with Crippen molar-refractivity contribution in [3.8, 4) is 0 Å². The van der Waals surface area contributed by atoms with Gasteiger partial charge in [0.15, 0.2) is 0 Å². The van der Waals surface area contributed by atoms with Crippen LogP contribution in [-0.2, 0) is 9.59 Å². The predicted molar refractivity (Wildman–Crippen MR) is 97.1 cm³/mol. The maximum absolute atomic E-state index is 12.2. The fourth-order valence-corrected chi connectivity index (χ4v) is 3.22. The van der Waals surface area contributed by atoms with Crippen LogP contribution in [0.5, 0.6) is 0 Å². The molecule has 1 aromatic carbocycles. The number of rotatable bonds is 6. The Hall–Kier alpha value is -2.19. The maximum atomic E-state index is 12.2. The molecule has 2 fully saturated rings. The Morgan fingerprint density at radius 3 is 2.54 bits per heavy atom. The molecule has 0 radical (unpaired) electrons. The Labute approximate surface area is 156 Å². The second-order valence-corrected chi connectivity index (χ2v) is 7.21. The van der Waals surface area contributed by atoms with Gasteiger partial charge >= 0.3 is 0 Å². The van der Waals surface area contributed by atoms with Gasteiger partial charge in [-0.3, -0.25) is 24.6 Å². The summed E-state index contributed by atoms with van der Waals surface area (Å²) in [6, 6.07) is 4.53. The number of benzene rings is 1. The normalized spacial score (nSPS) is 18.3. The number of likely N-dealkylation sites (tertiary alicyclic amines) is 1. The van der Waals surface area contributed by atoms with E-state index < -0.39 is 4.92 Å². The Balaban J connectivity index is 1.46.